The van der Waals surface area contributed by atoms with Crippen LogP contribution in [0.25, 0.3) is 0 Å². The van der Waals surface area contributed by atoms with E-state index in [2.05, 4.69) is 41.9 Å². The van der Waals surface area contributed by atoms with Gasteiger partial charge in [-0.2, -0.15) is 0 Å². The van der Waals surface area contributed by atoms with Crippen LogP contribution < -0.4 is 4.74 Å². The van der Waals surface area contributed by atoms with Crippen LogP contribution in [-0.4, -0.2) is 18.5 Å². The van der Waals surface area contributed by atoms with Crippen LogP contribution in [0.1, 0.15) is 57.6 Å². The molecule has 0 radical (unpaired) electrons. The zero-order chi connectivity index (χ0) is 14.8. The van der Waals surface area contributed by atoms with E-state index in [0.717, 1.165) is 17.5 Å². The van der Waals surface area contributed by atoms with E-state index in [-0.39, 0.29) is 6.10 Å². The van der Waals surface area contributed by atoms with Gasteiger partial charge in [-0.1, -0.05) is 60.7 Å². The lowest BCUT2D eigenvalue weighted by atomic mass is 10.1. The van der Waals surface area contributed by atoms with E-state index >= 15 is 0 Å². The molecule has 0 bridgehead atoms. The van der Waals surface area contributed by atoms with Gasteiger partial charge in [-0.15, -0.1) is 0 Å². The smallest absolute Gasteiger partial charge is 0.118 e. The van der Waals surface area contributed by atoms with Crippen LogP contribution in [0, 0.1) is 0 Å². The normalized spacial score (nSPS) is 14.0. The molecule has 2 atom stereocenters. The largest absolute Gasteiger partial charge is 0.497 e. The highest BCUT2D eigenvalue weighted by Crippen LogP contribution is 2.25. The van der Waals surface area contributed by atoms with Gasteiger partial charge in [0.1, 0.15) is 5.75 Å². The first-order chi connectivity index (χ1) is 9.71. The van der Waals surface area contributed by atoms with Crippen molar-refractivity contribution in [3.8, 4) is 5.75 Å². The molecule has 114 valence electrons. The van der Waals surface area contributed by atoms with Gasteiger partial charge in [-0.3, -0.25) is 0 Å². The highest BCUT2D eigenvalue weighted by Gasteiger charge is 2.14. The third-order valence-corrected chi connectivity index (χ3v) is 4.08. The van der Waals surface area contributed by atoms with Gasteiger partial charge in [0, 0.05) is 5.33 Å². The number of ether oxygens (including phenoxy) is 2. The third kappa shape index (κ3) is 6.27. The molecule has 0 aliphatic heterocycles. The first-order valence-electron chi connectivity index (χ1n) is 7.56. The van der Waals surface area contributed by atoms with Crippen molar-refractivity contribution in [1.29, 1.82) is 0 Å². The fourth-order valence-corrected chi connectivity index (χ4v) is 2.76. The molecule has 2 nitrogen and oxygen atoms in total. The van der Waals surface area contributed by atoms with Gasteiger partial charge in [-0.25, -0.2) is 0 Å². The van der Waals surface area contributed by atoms with E-state index in [1.165, 1.54) is 31.2 Å². The molecule has 1 rings (SSSR count). The number of unbranched alkanes of at least 4 members (excludes halogenated alkanes) is 3. The van der Waals surface area contributed by atoms with Gasteiger partial charge in [0.2, 0.25) is 0 Å². The van der Waals surface area contributed by atoms with Gasteiger partial charge in [0.25, 0.3) is 0 Å². The van der Waals surface area contributed by atoms with E-state index in [9.17, 15) is 0 Å². The molecule has 0 N–H and O–H groups in total. The lowest BCUT2D eigenvalue weighted by Gasteiger charge is -2.21. The minimum Gasteiger partial charge on any atom is -0.497 e. The van der Waals surface area contributed by atoms with Crippen molar-refractivity contribution >= 4 is 15.9 Å². The van der Waals surface area contributed by atoms with Crippen LogP contribution >= 0.6 is 15.9 Å². The van der Waals surface area contributed by atoms with Crippen LogP contribution in [0.15, 0.2) is 24.3 Å². The van der Waals surface area contributed by atoms with Crippen molar-refractivity contribution in [1.82, 2.24) is 0 Å². The lowest BCUT2D eigenvalue weighted by Crippen LogP contribution is -2.15. The minimum absolute atomic E-state index is 0.113. The van der Waals surface area contributed by atoms with Crippen molar-refractivity contribution in [3.05, 3.63) is 29.8 Å². The lowest BCUT2D eigenvalue weighted by molar-refractivity contribution is 0.00491. The van der Waals surface area contributed by atoms with Crippen molar-refractivity contribution in [3.63, 3.8) is 0 Å². The Bertz CT molecular complexity index is 351. The molecule has 0 heterocycles. The zero-order valence-electron chi connectivity index (χ0n) is 12.9. The van der Waals surface area contributed by atoms with E-state index in [4.69, 9.17) is 9.47 Å². The maximum Gasteiger partial charge on any atom is 0.118 e. The second-order valence-corrected chi connectivity index (χ2v) is 5.86. The molecule has 0 aliphatic rings. The molecular weight excluding hydrogens is 316 g/mol. The van der Waals surface area contributed by atoms with Crippen LogP contribution in [0.4, 0.5) is 0 Å². The summed E-state index contributed by atoms with van der Waals surface area (Å²) in [6.45, 7) is 4.41. The Morgan fingerprint density at radius 3 is 2.35 bits per heavy atom. The molecule has 1 aromatic rings. The van der Waals surface area contributed by atoms with E-state index in [1.54, 1.807) is 7.11 Å². The van der Waals surface area contributed by atoms with Gasteiger partial charge in [-0.05, 0) is 31.0 Å². The summed E-state index contributed by atoms with van der Waals surface area (Å²) in [5, 5.41) is 0.818. The molecular formula is C17H27BrO2. The average Bonchev–Trinajstić information content (AvgIpc) is 2.49. The quantitative estimate of drug-likeness (QED) is 0.412. The molecule has 0 spiro atoms. The van der Waals surface area contributed by atoms with E-state index < -0.39 is 0 Å². The summed E-state index contributed by atoms with van der Waals surface area (Å²) >= 11 is 3.55. The molecule has 2 unspecified atom stereocenters. The summed E-state index contributed by atoms with van der Waals surface area (Å²) in [5.41, 5.74) is 1.20. The molecule has 0 saturated heterocycles. The minimum atomic E-state index is 0.113. The Balaban J connectivity index is 2.44. The highest BCUT2D eigenvalue weighted by atomic mass is 79.9. The molecule has 0 aromatic heterocycles. The van der Waals surface area contributed by atoms with Crippen molar-refractivity contribution < 1.29 is 9.47 Å². The maximum atomic E-state index is 6.15. The number of hydrogen-bond acceptors (Lipinski definition) is 2. The van der Waals surface area contributed by atoms with Gasteiger partial charge in [0.15, 0.2) is 0 Å². The van der Waals surface area contributed by atoms with Gasteiger partial charge >= 0.3 is 0 Å². The second-order valence-electron chi connectivity index (χ2n) is 5.21. The Labute approximate surface area is 132 Å². The van der Waals surface area contributed by atoms with E-state index in [1.807, 2.05) is 12.1 Å². The number of benzene rings is 1. The first-order valence-corrected chi connectivity index (χ1v) is 8.68. The fraction of sp³-hybridized carbons (Fsp3) is 0.647. The number of methoxy groups -OCH3 is 1. The Morgan fingerprint density at radius 2 is 1.80 bits per heavy atom. The fourth-order valence-electron chi connectivity index (χ4n) is 2.23. The number of halogens is 1. The summed E-state index contributed by atoms with van der Waals surface area (Å²) in [5.74, 6) is 0.884. The van der Waals surface area contributed by atoms with Crippen LogP contribution in [-0.2, 0) is 4.74 Å². The third-order valence-electron chi connectivity index (χ3n) is 3.49. The van der Waals surface area contributed by atoms with Gasteiger partial charge < -0.3 is 9.47 Å². The Kier molecular flexibility index (Phi) is 8.95. The summed E-state index contributed by atoms with van der Waals surface area (Å²) < 4.78 is 11.3. The monoisotopic (exact) mass is 342 g/mol. The second kappa shape index (κ2) is 10.2. The first kappa shape index (κ1) is 17.5. The predicted octanol–water partition coefficient (Wildman–Crippen LogP) is 5.51. The average molecular weight is 343 g/mol. The van der Waals surface area contributed by atoms with Crippen molar-refractivity contribution in [2.75, 3.05) is 12.4 Å². The molecule has 3 heteroatoms. The Hall–Kier alpha value is -0.540. The SMILES string of the molecule is CCCCCCC(C)OC(CBr)c1ccc(OC)cc1. The van der Waals surface area contributed by atoms with E-state index in [0.29, 0.717) is 6.10 Å². The zero-order valence-corrected chi connectivity index (χ0v) is 14.5. The highest BCUT2D eigenvalue weighted by molar-refractivity contribution is 9.09. The number of hydrogen-bond donors (Lipinski definition) is 0. The molecule has 0 amide bonds. The number of rotatable bonds is 10. The molecule has 1 aromatic carbocycles. The summed E-state index contributed by atoms with van der Waals surface area (Å²) in [6.07, 6.45) is 6.73. The van der Waals surface area contributed by atoms with Crippen molar-refractivity contribution in [2.24, 2.45) is 0 Å². The van der Waals surface area contributed by atoms with Crippen LogP contribution in [0.5, 0.6) is 5.75 Å². The molecule has 0 aliphatic carbocycles. The Morgan fingerprint density at radius 1 is 1.10 bits per heavy atom. The van der Waals surface area contributed by atoms with Gasteiger partial charge in [0.05, 0.1) is 19.3 Å². The summed E-state index contributed by atoms with van der Waals surface area (Å²) in [7, 11) is 1.69. The summed E-state index contributed by atoms with van der Waals surface area (Å²) in [6, 6.07) is 8.13. The maximum absolute atomic E-state index is 6.15. The van der Waals surface area contributed by atoms with Crippen LogP contribution in [0.2, 0.25) is 0 Å². The molecule has 0 fully saturated rings. The number of alkyl halides is 1. The predicted molar refractivity (Wildman–Crippen MR) is 88.8 cm³/mol. The standard InChI is InChI=1S/C17H27BrO2/c1-4-5-6-7-8-14(2)20-17(13-18)15-9-11-16(19-3)12-10-15/h9-12,14,17H,4-8,13H2,1-3H3. The molecule has 20 heavy (non-hydrogen) atoms. The molecule has 0 saturated carbocycles. The summed E-state index contributed by atoms with van der Waals surface area (Å²) in [4.78, 5) is 0. The van der Waals surface area contributed by atoms with Crippen LogP contribution in [0.3, 0.4) is 0 Å². The van der Waals surface area contributed by atoms with Crippen molar-refractivity contribution in [2.45, 2.75) is 58.2 Å². The topological polar surface area (TPSA) is 18.5 Å².